The van der Waals surface area contributed by atoms with Crippen LogP contribution < -0.4 is 5.32 Å². The van der Waals surface area contributed by atoms with Crippen LogP contribution in [-0.2, 0) is 4.74 Å². The van der Waals surface area contributed by atoms with Gasteiger partial charge < -0.3 is 10.1 Å². The van der Waals surface area contributed by atoms with Gasteiger partial charge in [-0.15, -0.1) is 0 Å². The molecule has 0 spiro atoms. The highest BCUT2D eigenvalue weighted by atomic mass is 32.2. The fourth-order valence-electron chi connectivity index (χ4n) is 3.14. The van der Waals surface area contributed by atoms with Crippen LogP contribution in [0.1, 0.15) is 46.5 Å². The standard InChI is InChI=1S/C15H28N2OS/c1-4-11(5-2)14-10-17-15(19-14)16-9-12-7-8-18-13(12)6-3/h11-14H,4-10H2,1-3H3,(H,16,17). The molecule has 1 saturated heterocycles. The molecule has 2 heterocycles. The predicted octanol–water partition coefficient (Wildman–Crippen LogP) is 3.30. The Labute approximate surface area is 122 Å². The second-order valence-corrected chi connectivity index (χ2v) is 6.85. The third-order valence-electron chi connectivity index (χ3n) is 4.52. The van der Waals surface area contributed by atoms with Crippen LogP contribution in [-0.4, -0.2) is 36.2 Å². The molecule has 4 heteroatoms. The van der Waals surface area contributed by atoms with Gasteiger partial charge in [0, 0.05) is 24.3 Å². The number of hydrogen-bond donors (Lipinski definition) is 1. The van der Waals surface area contributed by atoms with E-state index in [0.717, 1.165) is 32.0 Å². The van der Waals surface area contributed by atoms with Gasteiger partial charge in [0.05, 0.1) is 12.6 Å². The van der Waals surface area contributed by atoms with Crippen molar-refractivity contribution in [2.24, 2.45) is 16.8 Å². The van der Waals surface area contributed by atoms with E-state index >= 15 is 0 Å². The molecule has 1 fully saturated rings. The number of nitrogens with one attached hydrogen (secondary N) is 1. The first-order chi connectivity index (χ1) is 9.28. The molecule has 3 nitrogen and oxygen atoms in total. The summed E-state index contributed by atoms with van der Waals surface area (Å²) in [5, 5.41) is 5.41. The lowest BCUT2D eigenvalue weighted by Crippen LogP contribution is -2.31. The Morgan fingerprint density at radius 2 is 2.16 bits per heavy atom. The van der Waals surface area contributed by atoms with Gasteiger partial charge in [-0.25, -0.2) is 0 Å². The Hall–Kier alpha value is -0.220. The maximum Gasteiger partial charge on any atom is 0.156 e. The van der Waals surface area contributed by atoms with Crippen molar-refractivity contribution in [3.63, 3.8) is 0 Å². The number of aliphatic imine (C=N–C) groups is 1. The van der Waals surface area contributed by atoms with Crippen molar-refractivity contribution < 1.29 is 4.74 Å². The molecule has 0 aromatic rings. The topological polar surface area (TPSA) is 33.6 Å². The van der Waals surface area contributed by atoms with E-state index in [0.29, 0.717) is 17.3 Å². The van der Waals surface area contributed by atoms with Crippen molar-refractivity contribution in [1.82, 2.24) is 5.32 Å². The number of hydrogen-bond acceptors (Lipinski definition) is 4. The summed E-state index contributed by atoms with van der Waals surface area (Å²) in [6.07, 6.45) is 5.31. The van der Waals surface area contributed by atoms with E-state index in [1.54, 1.807) is 0 Å². The lowest BCUT2D eigenvalue weighted by Gasteiger charge is -2.20. The second-order valence-electron chi connectivity index (χ2n) is 5.63. The summed E-state index contributed by atoms with van der Waals surface area (Å²) in [6.45, 7) is 9.76. The molecule has 1 N–H and O–H groups in total. The van der Waals surface area contributed by atoms with E-state index < -0.39 is 0 Å². The van der Waals surface area contributed by atoms with Crippen molar-refractivity contribution in [2.45, 2.75) is 57.8 Å². The molecule has 3 unspecified atom stereocenters. The Balaban J connectivity index is 1.73. The van der Waals surface area contributed by atoms with Gasteiger partial charge in [-0.05, 0) is 18.8 Å². The fraction of sp³-hybridized carbons (Fsp3) is 0.933. The highest BCUT2D eigenvalue weighted by Gasteiger charge is 2.29. The second kappa shape index (κ2) is 7.53. The number of ether oxygens (including phenoxy) is 1. The van der Waals surface area contributed by atoms with E-state index in [4.69, 9.17) is 4.74 Å². The lowest BCUT2D eigenvalue weighted by molar-refractivity contribution is 0.0883. The van der Waals surface area contributed by atoms with Crippen LogP contribution in [0.15, 0.2) is 4.99 Å². The SMILES string of the molecule is CCC(CC)C1CN=C(NCC2CCOC2CC)S1. The van der Waals surface area contributed by atoms with Crippen LogP contribution in [0, 0.1) is 11.8 Å². The molecule has 2 rings (SSSR count). The molecule has 0 radical (unpaired) electrons. The predicted molar refractivity (Wildman–Crippen MR) is 83.9 cm³/mol. The highest BCUT2D eigenvalue weighted by Crippen LogP contribution is 2.30. The Morgan fingerprint density at radius 1 is 1.37 bits per heavy atom. The first-order valence-electron chi connectivity index (χ1n) is 7.85. The van der Waals surface area contributed by atoms with Crippen molar-refractivity contribution in [3.8, 4) is 0 Å². The number of amidine groups is 1. The third kappa shape index (κ3) is 3.88. The van der Waals surface area contributed by atoms with Crippen molar-refractivity contribution in [3.05, 3.63) is 0 Å². The Morgan fingerprint density at radius 3 is 2.84 bits per heavy atom. The van der Waals surface area contributed by atoms with Gasteiger partial charge in [-0.2, -0.15) is 0 Å². The van der Waals surface area contributed by atoms with E-state index in [1.807, 2.05) is 11.8 Å². The molecule has 0 aliphatic carbocycles. The van der Waals surface area contributed by atoms with Crippen molar-refractivity contribution >= 4 is 16.9 Å². The van der Waals surface area contributed by atoms with Gasteiger partial charge in [0.25, 0.3) is 0 Å². The summed E-state index contributed by atoms with van der Waals surface area (Å²) in [6, 6.07) is 0. The van der Waals surface area contributed by atoms with Gasteiger partial charge in [-0.1, -0.05) is 45.4 Å². The quantitative estimate of drug-likeness (QED) is 0.812. The molecular weight excluding hydrogens is 256 g/mol. The zero-order valence-electron chi connectivity index (χ0n) is 12.5. The fourth-order valence-corrected chi connectivity index (χ4v) is 4.47. The minimum absolute atomic E-state index is 0.453. The van der Waals surface area contributed by atoms with Crippen LogP contribution in [0.2, 0.25) is 0 Å². The third-order valence-corrected chi connectivity index (χ3v) is 5.85. The highest BCUT2D eigenvalue weighted by molar-refractivity contribution is 8.14. The minimum atomic E-state index is 0.453. The maximum atomic E-state index is 5.74. The van der Waals surface area contributed by atoms with Gasteiger partial charge in [0.1, 0.15) is 0 Å². The molecule has 0 saturated carbocycles. The zero-order chi connectivity index (χ0) is 13.7. The van der Waals surface area contributed by atoms with E-state index in [-0.39, 0.29) is 0 Å². The van der Waals surface area contributed by atoms with Crippen LogP contribution in [0.5, 0.6) is 0 Å². The monoisotopic (exact) mass is 284 g/mol. The van der Waals surface area contributed by atoms with Crippen LogP contribution >= 0.6 is 11.8 Å². The van der Waals surface area contributed by atoms with Gasteiger partial charge >= 0.3 is 0 Å². The molecule has 110 valence electrons. The van der Waals surface area contributed by atoms with E-state index in [9.17, 15) is 0 Å². The number of thioether (sulfide) groups is 1. The van der Waals surface area contributed by atoms with Gasteiger partial charge in [-0.3, -0.25) is 4.99 Å². The summed E-state index contributed by atoms with van der Waals surface area (Å²) >= 11 is 1.96. The van der Waals surface area contributed by atoms with Crippen molar-refractivity contribution in [2.75, 3.05) is 19.7 Å². The summed E-state index contributed by atoms with van der Waals surface area (Å²) in [5.74, 6) is 1.48. The van der Waals surface area contributed by atoms with E-state index in [2.05, 4.69) is 31.1 Å². The van der Waals surface area contributed by atoms with Crippen LogP contribution in [0.25, 0.3) is 0 Å². The molecular formula is C15H28N2OS. The average molecular weight is 284 g/mol. The largest absolute Gasteiger partial charge is 0.378 e. The maximum absolute atomic E-state index is 5.74. The first-order valence-corrected chi connectivity index (χ1v) is 8.72. The average Bonchev–Trinajstić information content (AvgIpc) is 3.06. The molecule has 0 aromatic carbocycles. The Kier molecular flexibility index (Phi) is 6.02. The zero-order valence-corrected chi connectivity index (χ0v) is 13.3. The summed E-state index contributed by atoms with van der Waals surface area (Å²) in [5.41, 5.74) is 0. The lowest BCUT2D eigenvalue weighted by atomic mass is 9.99. The smallest absolute Gasteiger partial charge is 0.156 e. The summed E-state index contributed by atoms with van der Waals surface area (Å²) in [7, 11) is 0. The first kappa shape index (κ1) is 15.2. The molecule has 2 aliphatic rings. The number of rotatable bonds is 6. The summed E-state index contributed by atoms with van der Waals surface area (Å²) < 4.78 is 5.74. The molecule has 3 atom stereocenters. The molecule has 2 aliphatic heterocycles. The minimum Gasteiger partial charge on any atom is -0.378 e. The van der Waals surface area contributed by atoms with E-state index in [1.165, 1.54) is 24.4 Å². The normalized spacial score (nSPS) is 30.9. The molecule has 19 heavy (non-hydrogen) atoms. The summed E-state index contributed by atoms with van der Waals surface area (Å²) in [4.78, 5) is 4.67. The van der Waals surface area contributed by atoms with Crippen LogP contribution in [0.4, 0.5) is 0 Å². The molecule has 0 bridgehead atoms. The van der Waals surface area contributed by atoms with Gasteiger partial charge in [0.15, 0.2) is 5.17 Å². The van der Waals surface area contributed by atoms with Crippen molar-refractivity contribution in [1.29, 1.82) is 0 Å². The molecule has 0 aromatic heterocycles. The van der Waals surface area contributed by atoms with Gasteiger partial charge in [0.2, 0.25) is 0 Å². The number of nitrogens with zero attached hydrogens (tertiary/aromatic N) is 1. The Bertz CT molecular complexity index is 305. The van der Waals surface area contributed by atoms with Crippen LogP contribution in [0.3, 0.4) is 0 Å². The molecule has 0 amide bonds.